The van der Waals surface area contributed by atoms with Crippen molar-refractivity contribution in [3.05, 3.63) is 93.0 Å². The molecule has 0 atom stereocenters. The molecule has 7 nitrogen and oxygen atoms in total. The van der Waals surface area contributed by atoms with Crippen molar-refractivity contribution in [2.45, 2.75) is 51.2 Å². The van der Waals surface area contributed by atoms with Gasteiger partial charge in [0.15, 0.2) is 0 Å². The third-order valence-electron chi connectivity index (χ3n) is 6.07. The lowest BCUT2D eigenvalue weighted by Gasteiger charge is -2.34. The summed E-state index contributed by atoms with van der Waals surface area (Å²) in [7, 11) is 0. The van der Waals surface area contributed by atoms with Crippen molar-refractivity contribution in [1.29, 1.82) is 0 Å². The zero-order valence-corrected chi connectivity index (χ0v) is 17.4. The SMILES string of the molecule is O=c1cc(CN(Cc2cc(=O)n3ccccc3n2)C2CCCCC2)nc2ccccn12. The van der Waals surface area contributed by atoms with Gasteiger partial charge in [0.1, 0.15) is 11.3 Å². The Labute approximate surface area is 179 Å². The van der Waals surface area contributed by atoms with Gasteiger partial charge in [-0.3, -0.25) is 23.3 Å². The molecule has 0 amide bonds. The van der Waals surface area contributed by atoms with E-state index >= 15 is 0 Å². The highest BCUT2D eigenvalue weighted by molar-refractivity contribution is 5.39. The second-order valence-corrected chi connectivity index (χ2v) is 8.23. The van der Waals surface area contributed by atoms with E-state index in [1.165, 1.54) is 19.3 Å². The van der Waals surface area contributed by atoms with E-state index in [1.807, 2.05) is 36.4 Å². The summed E-state index contributed by atoms with van der Waals surface area (Å²) < 4.78 is 3.11. The number of fused-ring (bicyclic) bond motifs is 2. The lowest BCUT2D eigenvalue weighted by Crippen LogP contribution is -2.37. The smallest absolute Gasteiger partial charge is 0.258 e. The third kappa shape index (κ3) is 4.14. The zero-order valence-electron chi connectivity index (χ0n) is 17.4. The molecule has 0 aromatic carbocycles. The number of hydrogen-bond acceptors (Lipinski definition) is 5. The van der Waals surface area contributed by atoms with Crippen LogP contribution in [-0.2, 0) is 13.1 Å². The molecule has 0 unspecified atom stereocenters. The van der Waals surface area contributed by atoms with Crippen LogP contribution in [0, 0.1) is 0 Å². The summed E-state index contributed by atoms with van der Waals surface area (Å²) in [5, 5.41) is 0. The molecule has 158 valence electrons. The summed E-state index contributed by atoms with van der Waals surface area (Å²) in [5.74, 6) is 0. The van der Waals surface area contributed by atoms with E-state index in [0.717, 1.165) is 24.2 Å². The number of pyridine rings is 2. The molecule has 0 radical (unpaired) electrons. The molecule has 4 aromatic rings. The predicted octanol–water partition coefficient (Wildman–Crippen LogP) is 3.04. The maximum Gasteiger partial charge on any atom is 0.258 e. The van der Waals surface area contributed by atoms with Gasteiger partial charge in [0, 0.05) is 43.7 Å². The predicted molar refractivity (Wildman–Crippen MR) is 119 cm³/mol. The Hall–Kier alpha value is -3.32. The molecule has 1 fully saturated rings. The Bertz CT molecular complexity index is 1240. The fourth-order valence-electron chi connectivity index (χ4n) is 4.54. The Kier molecular flexibility index (Phi) is 5.34. The lowest BCUT2D eigenvalue weighted by atomic mass is 9.94. The molecule has 1 aliphatic carbocycles. The maximum atomic E-state index is 12.6. The molecule has 0 spiro atoms. The highest BCUT2D eigenvalue weighted by Crippen LogP contribution is 2.25. The van der Waals surface area contributed by atoms with Crippen LogP contribution in [-0.4, -0.2) is 29.7 Å². The van der Waals surface area contributed by atoms with Gasteiger partial charge in [-0.25, -0.2) is 9.97 Å². The quantitative estimate of drug-likeness (QED) is 0.501. The van der Waals surface area contributed by atoms with Gasteiger partial charge in [0.05, 0.1) is 11.4 Å². The summed E-state index contributed by atoms with van der Waals surface area (Å²) in [6.45, 7) is 1.11. The van der Waals surface area contributed by atoms with Gasteiger partial charge in [-0.2, -0.15) is 0 Å². The first kappa shape index (κ1) is 19.6. The molecule has 0 bridgehead atoms. The van der Waals surface area contributed by atoms with Gasteiger partial charge in [-0.15, -0.1) is 0 Å². The highest BCUT2D eigenvalue weighted by Gasteiger charge is 2.23. The van der Waals surface area contributed by atoms with E-state index in [-0.39, 0.29) is 11.1 Å². The van der Waals surface area contributed by atoms with E-state index < -0.39 is 0 Å². The average Bonchev–Trinajstić information content (AvgIpc) is 2.79. The third-order valence-corrected chi connectivity index (χ3v) is 6.07. The molecule has 0 saturated heterocycles. The Balaban J connectivity index is 1.49. The van der Waals surface area contributed by atoms with Crippen LogP contribution in [0.25, 0.3) is 11.3 Å². The van der Waals surface area contributed by atoms with Crippen LogP contribution >= 0.6 is 0 Å². The first-order chi connectivity index (χ1) is 15.2. The van der Waals surface area contributed by atoms with Gasteiger partial charge in [-0.05, 0) is 37.1 Å². The van der Waals surface area contributed by atoms with Crippen LogP contribution in [0.2, 0.25) is 0 Å². The van der Waals surface area contributed by atoms with Gasteiger partial charge in [0.25, 0.3) is 11.1 Å². The fraction of sp³-hybridized carbons (Fsp3) is 0.333. The molecule has 1 aliphatic rings. The molecule has 0 aliphatic heterocycles. The van der Waals surface area contributed by atoms with Crippen LogP contribution < -0.4 is 11.1 Å². The second-order valence-electron chi connectivity index (χ2n) is 8.23. The van der Waals surface area contributed by atoms with E-state index in [1.54, 1.807) is 33.3 Å². The minimum absolute atomic E-state index is 0.0775. The number of aromatic nitrogens is 4. The summed E-state index contributed by atoms with van der Waals surface area (Å²) in [5.41, 5.74) is 2.64. The van der Waals surface area contributed by atoms with Gasteiger partial charge in [-0.1, -0.05) is 31.4 Å². The molecule has 4 heterocycles. The van der Waals surface area contributed by atoms with Crippen molar-refractivity contribution in [2.24, 2.45) is 0 Å². The summed E-state index contributed by atoms with van der Waals surface area (Å²) in [6, 6.07) is 14.7. The maximum absolute atomic E-state index is 12.6. The molecule has 5 rings (SSSR count). The molecule has 7 heteroatoms. The zero-order chi connectivity index (χ0) is 21.2. The van der Waals surface area contributed by atoms with Crippen molar-refractivity contribution < 1.29 is 0 Å². The van der Waals surface area contributed by atoms with Crippen LogP contribution in [0.3, 0.4) is 0 Å². The minimum atomic E-state index is -0.0775. The molecule has 4 aromatic heterocycles. The minimum Gasteiger partial charge on any atom is -0.289 e. The van der Waals surface area contributed by atoms with Crippen LogP contribution in [0.1, 0.15) is 43.5 Å². The highest BCUT2D eigenvalue weighted by atomic mass is 16.1. The monoisotopic (exact) mass is 415 g/mol. The first-order valence-electron chi connectivity index (χ1n) is 10.9. The largest absolute Gasteiger partial charge is 0.289 e. The number of nitrogens with zero attached hydrogens (tertiary/aromatic N) is 5. The summed E-state index contributed by atoms with van der Waals surface area (Å²) in [4.78, 5) is 36.9. The number of rotatable bonds is 5. The van der Waals surface area contributed by atoms with E-state index in [2.05, 4.69) is 4.90 Å². The normalized spacial score (nSPS) is 15.1. The Morgan fingerprint density at radius 1 is 0.774 bits per heavy atom. The fourth-order valence-corrected chi connectivity index (χ4v) is 4.54. The van der Waals surface area contributed by atoms with Crippen LogP contribution in [0.15, 0.2) is 70.5 Å². The molecular weight excluding hydrogens is 390 g/mol. The van der Waals surface area contributed by atoms with Crippen LogP contribution in [0.5, 0.6) is 0 Å². The summed E-state index contributed by atoms with van der Waals surface area (Å²) >= 11 is 0. The van der Waals surface area contributed by atoms with Crippen molar-refractivity contribution in [3.8, 4) is 0 Å². The van der Waals surface area contributed by atoms with Crippen molar-refractivity contribution in [1.82, 2.24) is 23.7 Å². The first-order valence-corrected chi connectivity index (χ1v) is 10.9. The van der Waals surface area contributed by atoms with Gasteiger partial charge < -0.3 is 0 Å². The molecule has 1 saturated carbocycles. The average molecular weight is 415 g/mol. The Morgan fingerprint density at radius 3 is 1.81 bits per heavy atom. The van der Waals surface area contributed by atoms with Crippen molar-refractivity contribution in [3.63, 3.8) is 0 Å². The second kappa shape index (κ2) is 8.43. The Morgan fingerprint density at radius 2 is 1.29 bits per heavy atom. The standard InChI is InChI=1S/C24H25N5O2/c30-23-14-18(25-21-10-4-6-12-28(21)23)16-27(20-8-2-1-3-9-20)17-19-15-24(31)29-13-7-5-11-22(29)26-19/h4-7,10-15,20H,1-3,8-9,16-17H2. The molecule has 0 N–H and O–H groups in total. The lowest BCUT2D eigenvalue weighted by molar-refractivity contribution is 0.136. The van der Waals surface area contributed by atoms with E-state index in [4.69, 9.17) is 9.97 Å². The van der Waals surface area contributed by atoms with Crippen molar-refractivity contribution >= 4 is 11.3 Å². The summed E-state index contributed by atoms with van der Waals surface area (Å²) in [6.07, 6.45) is 9.35. The van der Waals surface area contributed by atoms with Gasteiger partial charge in [0.2, 0.25) is 0 Å². The molecular formula is C24H25N5O2. The number of hydrogen-bond donors (Lipinski definition) is 0. The topological polar surface area (TPSA) is 72.0 Å². The van der Waals surface area contributed by atoms with E-state index in [9.17, 15) is 9.59 Å². The van der Waals surface area contributed by atoms with E-state index in [0.29, 0.717) is 30.4 Å². The molecule has 31 heavy (non-hydrogen) atoms. The van der Waals surface area contributed by atoms with Crippen LogP contribution in [0.4, 0.5) is 0 Å². The van der Waals surface area contributed by atoms with Gasteiger partial charge >= 0.3 is 0 Å². The van der Waals surface area contributed by atoms with Crippen molar-refractivity contribution in [2.75, 3.05) is 0 Å².